The lowest BCUT2D eigenvalue weighted by Crippen LogP contribution is -2.49. The van der Waals surface area contributed by atoms with Crippen LogP contribution in [0.3, 0.4) is 0 Å². The summed E-state index contributed by atoms with van der Waals surface area (Å²) in [6.45, 7) is 5.73. The number of methoxy groups -OCH3 is 1. The Morgan fingerprint density at radius 3 is 2.27 bits per heavy atom. The van der Waals surface area contributed by atoms with Gasteiger partial charge in [0.25, 0.3) is 0 Å². The Morgan fingerprint density at radius 1 is 1.17 bits per heavy atom. The van der Waals surface area contributed by atoms with E-state index in [1.54, 1.807) is 19.1 Å². The number of carbonyl (C=O) groups is 1. The van der Waals surface area contributed by atoms with Gasteiger partial charge in [-0.3, -0.25) is 9.10 Å². The molecule has 0 saturated carbocycles. The summed E-state index contributed by atoms with van der Waals surface area (Å²) in [5.41, 5.74) is 2.47. The number of halogens is 1. The standard InChI is InChI=1S/C22H29ClN2O4S/c1-6-16-8-10-17(11-9-16)15(3)24-22(26)20(7-2)25(30(5,27)28)18-12-13-21(29-4)19(23)14-18/h8-15,20H,6-7H2,1-5H3,(H,24,26)/t15-,20-/m0/s1. The summed E-state index contributed by atoms with van der Waals surface area (Å²) in [6, 6.07) is 11.5. The normalized spacial score (nSPS) is 13.4. The van der Waals surface area contributed by atoms with Crippen LogP contribution in [0.2, 0.25) is 5.02 Å². The molecule has 2 rings (SSSR count). The van der Waals surface area contributed by atoms with Gasteiger partial charge < -0.3 is 10.1 Å². The zero-order valence-electron chi connectivity index (χ0n) is 18.0. The number of amides is 1. The largest absolute Gasteiger partial charge is 0.495 e. The van der Waals surface area contributed by atoms with Crippen LogP contribution < -0.4 is 14.4 Å². The van der Waals surface area contributed by atoms with Gasteiger partial charge in [-0.25, -0.2) is 8.42 Å². The Kier molecular flexibility index (Phi) is 8.15. The molecule has 164 valence electrons. The molecule has 2 aromatic carbocycles. The summed E-state index contributed by atoms with van der Waals surface area (Å²) in [4.78, 5) is 13.1. The van der Waals surface area contributed by atoms with Crippen LogP contribution in [-0.4, -0.2) is 33.7 Å². The first kappa shape index (κ1) is 24.0. The van der Waals surface area contributed by atoms with Crippen molar-refractivity contribution in [3.05, 3.63) is 58.6 Å². The molecule has 0 aromatic heterocycles. The molecule has 0 aliphatic heterocycles. The molecule has 0 radical (unpaired) electrons. The number of anilines is 1. The second-order valence-corrected chi connectivity index (χ2v) is 9.39. The van der Waals surface area contributed by atoms with Crippen LogP contribution >= 0.6 is 11.6 Å². The number of nitrogens with zero attached hydrogens (tertiary/aromatic N) is 1. The molecule has 1 N–H and O–H groups in total. The highest BCUT2D eigenvalue weighted by Crippen LogP contribution is 2.32. The Morgan fingerprint density at radius 2 is 1.80 bits per heavy atom. The quantitative estimate of drug-likeness (QED) is 0.614. The van der Waals surface area contributed by atoms with E-state index in [9.17, 15) is 13.2 Å². The first-order valence-corrected chi connectivity index (χ1v) is 12.1. The van der Waals surface area contributed by atoms with E-state index in [-0.39, 0.29) is 17.0 Å². The van der Waals surface area contributed by atoms with Crippen molar-refractivity contribution in [3.63, 3.8) is 0 Å². The van der Waals surface area contributed by atoms with Crippen molar-refractivity contribution >= 4 is 33.2 Å². The average molecular weight is 453 g/mol. The number of rotatable bonds is 9. The fourth-order valence-electron chi connectivity index (χ4n) is 3.29. The van der Waals surface area contributed by atoms with E-state index in [0.717, 1.165) is 22.5 Å². The predicted molar refractivity (Wildman–Crippen MR) is 122 cm³/mol. The molecule has 0 fully saturated rings. The van der Waals surface area contributed by atoms with Crippen molar-refractivity contribution in [2.24, 2.45) is 0 Å². The lowest BCUT2D eigenvalue weighted by Gasteiger charge is -2.31. The molecule has 0 heterocycles. The average Bonchev–Trinajstić information content (AvgIpc) is 2.70. The van der Waals surface area contributed by atoms with Crippen LogP contribution in [0, 0.1) is 0 Å². The van der Waals surface area contributed by atoms with E-state index in [1.165, 1.54) is 18.7 Å². The van der Waals surface area contributed by atoms with E-state index in [4.69, 9.17) is 16.3 Å². The summed E-state index contributed by atoms with van der Waals surface area (Å²) in [5.74, 6) is 0.0532. The van der Waals surface area contributed by atoms with Crippen molar-refractivity contribution in [3.8, 4) is 5.75 Å². The summed E-state index contributed by atoms with van der Waals surface area (Å²) < 4.78 is 31.5. The topological polar surface area (TPSA) is 75.7 Å². The molecule has 0 aliphatic rings. The van der Waals surface area contributed by atoms with Crippen LogP contribution in [0.1, 0.15) is 44.4 Å². The number of sulfonamides is 1. The van der Waals surface area contributed by atoms with Crippen LogP contribution in [0.15, 0.2) is 42.5 Å². The number of hydrogen-bond donors (Lipinski definition) is 1. The minimum absolute atomic E-state index is 0.265. The number of carbonyl (C=O) groups excluding carboxylic acids is 1. The Bertz CT molecular complexity index is 977. The number of aryl methyl sites for hydroxylation is 1. The van der Waals surface area contributed by atoms with Crippen LogP contribution in [0.5, 0.6) is 5.75 Å². The third kappa shape index (κ3) is 5.67. The molecule has 30 heavy (non-hydrogen) atoms. The Hall–Kier alpha value is -2.25. The molecule has 2 aromatic rings. The van der Waals surface area contributed by atoms with Gasteiger partial charge in [-0.2, -0.15) is 0 Å². The van der Waals surface area contributed by atoms with Gasteiger partial charge >= 0.3 is 0 Å². The number of hydrogen-bond acceptors (Lipinski definition) is 4. The molecular weight excluding hydrogens is 424 g/mol. The number of nitrogens with one attached hydrogen (secondary N) is 1. The van der Waals surface area contributed by atoms with E-state index in [0.29, 0.717) is 17.9 Å². The zero-order chi connectivity index (χ0) is 22.5. The third-order valence-corrected chi connectivity index (χ3v) is 6.44. The van der Waals surface area contributed by atoms with Crippen LogP contribution in [-0.2, 0) is 21.2 Å². The van der Waals surface area contributed by atoms with Gasteiger partial charge in [0.05, 0.1) is 30.1 Å². The van der Waals surface area contributed by atoms with Crippen LogP contribution in [0.25, 0.3) is 0 Å². The minimum Gasteiger partial charge on any atom is -0.495 e. The van der Waals surface area contributed by atoms with Gasteiger partial charge in [-0.05, 0) is 49.1 Å². The van der Waals surface area contributed by atoms with Gasteiger partial charge in [0.1, 0.15) is 11.8 Å². The van der Waals surface area contributed by atoms with E-state index in [2.05, 4.69) is 12.2 Å². The van der Waals surface area contributed by atoms with Gasteiger partial charge in [-0.1, -0.05) is 49.7 Å². The molecule has 0 spiro atoms. The first-order chi connectivity index (χ1) is 14.1. The molecular formula is C22H29ClN2O4S. The maximum absolute atomic E-state index is 13.1. The second-order valence-electron chi connectivity index (χ2n) is 7.13. The van der Waals surface area contributed by atoms with Gasteiger partial charge in [0.15, 0.2) is 0 Å². The molecule has 2 atom stereocenters. The predicted octanol–water partition coefficient (Wildman–Crippen LogP) is 4.33. The fraction of sp³-hybridized carbons (Fsp3) is 0.409. The molecule has 8 heteroatoms. The van der Waals surface area contributed by atoms with Gasteiger partial charge in [0.2, 0.25) is 15.9 Å². The maximum Gasteiger partial charge on any atom is 0.244 e. The Balaban J connectivity index is 2.32. The second kappa shape index (κ2) is 10.2. The molecule has 0 aliphatic carbocycles. The highest BCUT2D eigenvalue weighted by atomic mass is 35.5. The van der Waals surface area contributed by atoms with E-state index >= 15 is 0 Å². The van der Waals surface area contributed by atoms with E-state index in [1.807, 2.05) is 31.2 Å². The fourth-order valence-corrected chi connectivity index (χ4v) is 4.74. The summed E-state index contributed by atoms with van der Waals surface area (Å²) in [6.07, 6.45) is 2.31. The smallest absolute Gasteiger partial charge is 0.244 e. The molecule has 0 saturated heterocycles. The van der Waals surface area contributed by atoms with Gasteiger partial charge in [0, 0.05) is 0 Å². The van der Waals surface area contributed by atoms with Crippen molar-refractivity contribution in [1.29, 1.82) is 0 Å². The molecule has 6 nitrogen and oxygen atoms in total. The summed E-state index contributed by atoms with van der Waals surface area (Å²) in [5, 5.41) is 3.21. The van der Waals surface area contributed by atoms with Crippen molar-refractivity contribution in [1.82, 2.24) is 5.32 Å². The van der Waals surface area contributed by atoms with Crippen molar-refractivity contribution < 1.29 is 17.9 Å². The lowest BCUT2D eigenvalue weighted by molar-refractivity contribution is -0.122. The van der Waals surface area contributed by atoms with Crippen molar-refractivity contribution in [2.75, 3.05) is 17.7 Å². The lowest BCUT2D eigenvalue weighted by atomic mass is 10.0. The molecule has 0 bridgehead atoms. The monoisotopic (exact) mass is 452 g/mol. The highest BCUT2D eigenvalue weighted by Gasteiger charge is 2.32. The summed E-state index contributed by atoms with van der Waals surface area (Å²) in [7, 11) is -2.27. The van der Waals surface area contributed by atoms with Gasteiger partial charge in [-0.15, -0.1) is 0 Å². The van der Waals surface area contributed by atoms with Crippen LogP contribution in [0.4, 0.5) is 5.69 Å². The number of ether oxygens (including phenoxy) is 1. The highest BCUT2D eigenvalue weighted by molar-refractivity contribution is 7.92. The third-order valence-electron chi connectivity index (χ3n) is 4.97. The summed E-state index contributed by atoms with van der Waals surface area (Å²) >= 11 is 6.19. The Labute approximate surface area is 184 Å². The number of benzene rings is 2. The van der Waals surface area contributed by atoms with Crippen molar-refractivity contribution in [2.45, 2.75) is 45.7 Å². The maximum atomic E-state index is 13.1. The first-order valence-electron chi connectivity index (χ1n) is 9.84. The minimum atomic E-state index is -3.75. The SMILES string of the molecule is CCc1ccc([C@H](C)NC(=O)[C@H](CC)N(c2ccc(OC)c(Cl)c2)S(C)(=O)=O)cc1. The zero-order valence-corrected chi connectivity index (χ0v) is 19.5. The van der Waals surface area contributed by atoms with E-state index < -0.39 is 16.1 Å². The molecule has 0 unspecified atom stereocenters. The molecule has 1 amide bonds.